The third kappa shape index (κ3) is 3.00. The molecule has 0 fully saturated rings. The molecular weight excluding hydrogens is 374 g/mol. The van der Waals surface area contributed by atoms with Crippen molar-refractivity contribution in [3.05, 3.63) is 83.8 Å². The summed E-state index contributed by atoms with van der Waals surface area (Å²) in [6.45, 7) is 0. The van der Waals surface area contributed by atoms with Crippen LogP contribution in [0, 0.1) is 0 Å². The van der Waals surface area contributed by atoms with Crippen molar-refractivity contribution in [3.8, 4) is 11.1 Å². The van der Waals surface area contributed by atoms with E-state index in [4.69, 9.17) is 11.6 Å². The highest BCUT2D eigenvalue weighted by Crippen LogP contribution is 2.26. The normalized spacial score (nSPS) is 11.2. The zero-order valence-electron chi connectivity index (χ0n) is 14.6. The van der Waals surface area contributed by atoms with Gasteiger partial charge in [0.15, 0.2) is 0 Å². The molecule has 136 valence electrons. The first-order valence-corrected chi connectivity index (χ1v) is 9.04. The van der Waals surface area contributed by atoms with Gasteiger partial charge in [-0.05, 0) is 47.5 Å². The van der Waals surface area contributed by atoms with E-state index < -0.39 is 0 Å². The van der Waals surface area contributed by atoms with Gasteiger partial charge >= 0.3 is 0 Å². The Hall–Kier alpha value is -3.64. The van der Waals surface area contributed by atoms with Gasteiger partial charge < -0.3 is 9.38 Å². The molecular formula is C21H14ClN5O. The number of H-pyrrole nitrogens is 1. The fourth-order valence-electron chi connectivity index (χ4n) is 3.13. The summed E-state index contributed by atoms with van der Waals surface area (Å²) < 4.78 is 1.80. The maximum Gasteiger partial charge on any atom is 0.278 e. The number of amides is 1. The standard InChI is InChI=1S/C21H14ClN5O/c22-15-5-3-4-13(10-15)14-7-8-16-17(11-14)25-21(24-16)26-20(28)18-12-27-9-2-1-6-19(27)23-18/h1-12H,(H2,24,25,26,28). The minimum Gasteiger partial charge on any atom is -0.324 e. The molecule has 28 heavy (non-hydrogen) atoms. The molecule has 5 aromatic rings. The highest BCUT2D eigenvalue weighted by molar-refractivity contribution is 6.30. The molecule has 2 N–H and O–H groups in total. The van der Waals surface area contributed by atoms with Crippen molar-refractivity contribution < 1.29 is 4.79 Å². The van der Waals surface area contributed by atoms with Crippen LogP contribution in [0.4, 0.5) is 5.95 Å². The summed E-state index contributed by atoms with van der Waals surface area (Å²) in [5.74, 6) is 0.0538. The lowest BCUT2D eigenvalue weighted by atomic mass is 10.1. The van der Waals surface area contributed by atoms with Gasteiger partial charge in [0.05, 0.1) is 11.0 Å². The second-order valence-electron chi connectivity index (χ2n) is 6.37. The van der Waals surface area contributed by atoms with E-state index in [2.05, 4.69) is 20.3 Å². The summed E-state index contributed by atoms with van der Waals surface area (Å²) in [6, 6.07) is 19.1. The van der Waals surface area contributed by atoms with E-state index in [1.54, 1.807) is 10.6 Å². The second kappa shape index (κ2) is 6.51. The van der Waals surface area contributed by atoms with E-state index in [1.807, 2.05) is 66.9 Å². The molecule has 6 nitrogen and oxygen atoms in total. The van der Waals surface area contributed by atoms with Crippen LogP contribution in [-0.4, -0.2) is 25.3 Å². The number of aromatic nitrogens is 4. The van der Waals surface area contributed by atoms with Gasteiger partial charge in [0, 0.05) is 17.4 Å². The van der Waals surface area contributed by atoms with Crippen molar-refractivity contribution in [1.29, 1.82) is 0 Å². The first kappa shape index (κ1) is 16.5. The number of anilines is 1. The highest BCUT2D eigenvalue weighted by atomic mass is 35.5. The lowest BCUT2D eigenvalue weighted by Crippen LogP contribution is -2.13. The van der Waals surface area contributed by atoms with Crippen molar-refractivity contribution in [2.24, 2.45) is 0 Å². The van der Waals surface area contributed by atoms with Crippen LogP contribution >= 0.6 is 11.6 Å². The van der Waals surface area contributed by atoms with Crippen LogP contribution in [0.25, 0.3) is 27.8 Å². The fourth-order valence-corrected chi connectivity index (χ4v) is 3.32. The number of imidazole rings is 2. The number of nitrogens with zero attached hydrogens (tertiary/aromatic N) is 3. The SMILES string of the molecule is O=C(Nc1nc2ccc(-c3cccc(Cl)c3)cc2[nH]1)c1cn2ccccc2n1. The third-order valence-corrected chi connectivity index (χ3v) is 4.70. The van der Waals surface area contributed by atoms with Crippen LogP contribution in [0.5, 0.6) is 0 Å². The molecule has 2 aromatic carbocycles. The predicted molar refractivity (Wildman–Crippen MR) is 110 cm³/mol. The number of carbonyl (C=O) groups excluding carboxylic acids is 1. The van der Waals surface area contributed by atoms with Crippen LogP contribution in [0.1, 0.15) is 10.5 Å². The fraction of sp³-hybridized carbons (Fsp3) is 0. The summed E-state index contributed by atoms with van der Waals surface area (Å²) >= 11 is 6.09. The lowest BCUT2D eigenvalue weighted by molar-refractivity contribution is 0.102. The van der Waals surface area contributed by atoms with E-state index in [9.17, 15) is 4.79 Å². The Balaban J connectivity index is 1.44. The lowest BCUT2D eigenvalue weighted by Gasteiger charge is -2.01. The Morgan fingerprint density at radius 2 is 1.89 bits per heavy atom. The summed E-state index contributed by atoms with van der Waals surface area (Å²) in [5.41, 5.74) is 4.64. The maximum absolute atomic E-state index is 12.5. The van der Waals surface area contributed by atoms with Gasteiger partial charge in [-0.15, -0.1) is 0 Å². The zero-order chi connectivity index (χ0) is 19.1. The van der Waals surface area contributed by atoms with Crippen molar-refractivity contribution in [3.63, 3.8) is 0 Å². The molecule has 0 radical (unpaired) electrons. The number of benzene rings is 2. The first-order valence-electron chi connectivity index (χ1n) is 8.66. The van der Waals surface area contributed by atoms with Crippen molar-refractivity contribution in [2.45, 2.75) is 0 Å². The van der Waals surface area contributed by atoms with Crippen LogP contribution < -0.4 is 5.32 Å². The quantitative estimate of drug-likeness (QED) is 0.467. The smallest absolute Gasteiger partial charge is 0.278 e. The molecule has 0 aliphatic rings. The highest BCUT2D eigenvalue weighted by Gasteiger charge is 2.13. The Bertz CT molecular complexity index is 1300. The molecule has 3 heterocycles. The van der Waals surface area contributed by atoms with Gasteiger partial charge in [0.2, 0.25) is 5.95 Å². The molecule has 0 saturated heterocycles. The van der Waals surface area contributed by atoms with E-state index in [0.29, 0.717) is 22.3 Å². The van der Waals surface area contributed by atoms with Crippen LogP contribution in [-0.2, 0) is 0 Å². The average molecular weight is 388 g/mol. The Kier molecular flexibility index (Phi) is 3.84. The van der Waals surface area contributed by atoms with E-state index in [-0.39, 0.29) is 5.91 Å². The monoisotopic (exact) mass is 387 g/mol. The van der Waals surface area contributed by atoms with Gasteiger partial charge in [-0.2, -0.15) is 0 Å². The van der Waals surface area contributed by atoms with Crippen LogP contribution in [0.2, 0.25) is 5.02 Å². The first-order chi connectivity index (χ1) is 13.7. The summed E-state index contributed by atoms with van der Waals surface area (Å²) in [5, 5.41) is 3.46. The van der Waals surface area contributed by atoms with Gasteiger partial charge in [-0.25, -0.2) is 9.97 Å². The molecule has 7 heteroatoms. The van der Waals surface area contributed by atoms with Crippen LogP contribution in [0.3, 0.4) is 0 Å². The minimum atomic E-state index is -0.321. The summed E-state index contributed by atoms with van der Waals surface area (Å²) in [6.07, 6.45) is 3.53. The Labute approximate surface area is 164 Å². The molecule has 0 aliphatic carbocycles. The minimum absolute atomic E-state index is 0.321. The predicted octanol–water partition coefficient (Wildman–Crippen LogP) is 4.78. The van der Waals surface area contributed by atoms with Gasteiger partial charge in [-0.1, -0.05) is 35.9 Å². The molecule has 0 atom stereocenters. The average Bonchev–Trinajstić information content (AvgIpc) is 3.30. The number of hydrogen-bond acceptors (Lipinski definition) is 3. The molecule has 0 aliphatic heterocycles. The van der Waals surface area contributed by atoms with Gasteiger partial charge in [-0.3, -0.25) is 10.1 Å². The number of hydrogen-bond donors (Lipinski definition) is 2. The second-order valence-corrected chi connectivity index (χ2v) is 6.81. The molecule has 0 saturated carbocycles. The molecule has 0 bridgehead atoms. The van der Waals surface area contributed by atoms with Crippen molar-refractivity contribution in [1.82, 2.24) is 19.4 Å². The van der Waals surface area contributed by atoms with Gasteiger partial charge in [0.1, 0.15) is 11.3 Å². The van der Waals surface area contributed by atoms with Crippen molar-refractivity contribution in [2.75, 3.05) is 5.32 Å². The maximum atomic E-state index is 12.5. The molecule has 5 rings (SSSR count). The van der Waals surface area contributed by atoms with E-state index in [0.717, 1.165) is 22.2 Å². The van der Waals surface area contributed by atoms with E-state index >= 15 is 0 Å². The molecule has 3 aromatic heterocycles. The summed E-state index contributed by atoms with van der Waals surface area (Å²) in [4.78, 5) is 24.4. The molecule has 0 unspecified atom stereocenters. The third-order valence-electron chi connectivity index (χ3n) is 4.47. The number of carbonyl (C=O) groups is 1. The number of pyridine rings is 1. The molecule has 1 amide bonds. The zero-order valence-corrected chi connectivity index (χ0v) is 15.3. The Morgan fingerprint density at radius 3 is 2.75 bits per heavy atom. The number of rotatable bonds is 3. The largest absolute Gasteiger partial charge is 0.324 e. The van der Waals surface area contributed by atoms with Crippen molar-refractivity contribution >= 4 is 40.1 Å². The number of fused-ring (bicyclic) bond motifs is 2. The van der Waals surface area contributed by atoms with Crippen LogP contribution in [0.15, 0.2) is 73.1 Å². The summed E-state index contributed by atoms with van der Waals surface area (Å²) in [7, 11) is 0. The molecule has 0 spiro atoms. The number of nitrogens with one attached hydrogen (secondary N) is 2. The number of halogens is 1. The Morgan fingerprint density at radius 1 is 1.00 bits per heavy atom. The topological polar surface area (TPSA) is 75.1 Å². The van der Waals surface area contributed by atoms with Gasteiger partial charge in [0.25, 0.3) is 5.91 Å². The number of aromatic amines is 1. The van der Waals surface area contributed by atoms with E-state index in [1.165, 1.54) is 0 Å².